The van der Waals surface area contributed by atoms with E-state index in [4.69, 9.17) is 11.6 Å². The van der Waals surface area contributed by atoms with E-state index in [-0.39, 0.29) is 23.3 Å². The number of hydrogen-bond acceptors (Lipinski definition) is 2. The van der Waals surface area contributed by atoms with Gasteiger partial charge in [0, 0.05) is 11.9 Å². The molecular weight excluding hydrogens is 276 g/mol. The molecule has 0 saturated heterocycles. The van der Waals surface area contributed by atoms with Gasteiger partial charge in [-0.25, -0.2) is 0 Å². The first-order chi connectivity index (χ1) is 8.95. The Hall–Kier alpha value is -1.36. The normalized spacial score (nSPS) is 14.0. The third-order valence-electron chi connectivity index (χ3n) is 2.80. The van der Waals surface area contributed by atoms with E-state index < -0.39 is 12.5 Å². The van der Waals surface area contributed by atoms with E-state index in [9.17, 15) is 13.6 Å². The fourth-order valence-corrected chi connectivity index (χ4v) is 1.68. The molecule has 1 N–H and O–H groups in total. The molecule has 0 aliphatic rings. The summed E-state index contributed by atoms with van der Waals surface area (Å²) in [7, 11) is 0. The molecule has 0 aromatic heterocycles. The lowest BCUT2D eigenvalue weighted by Gasteiger charge is -2.20. The van der Waals surface area contributed by atoms with Crippen LogP contribution in [0.4, 0.5) is 8.78 Å². The van der Waals surface area contributed by atoms with Crippen molar-refractivity contribution >= 4 is 17.5 Å². The van der Waals surface area contributed by atoms with Gasteiger partial charge in [0.15, 0.2) is 0 Å². The van der Waals surface area contributed by atoms with E-state index in [0.717, 1.165) is 0 Å². The van der Waals surface area contributed by atoms with Gasteiger partial charge in [0.25, 0.3) is 5.91 Å². The quantitative estimate of drug-likeness (QED) is 0.817. The molecule has 1 rings (SSSR count). The van der Waals surface area contributed by atoms with Crippen molar-refractivity contribution in [3.05, 3.63) is 29.8 Å². The summed E-state index contributed by atoms with van der Waals surface area (Å²) in [5, 5.41) is 2.71. The van der Waals surface area contributed by atoms with Gasteiger partial charge in [-0.05, 0) is 25.0 Å². The van der Waals surface area contributed by atoms with Crippen LogP contribution in [0, 0.1) is 5.92 Å². The molecule has 1 aromatic carbocycles. The van der Waals surface area contributed by atoms with Crippen LogP contribution in [0.5, 0.6) is 5.75 Å². The maximum atomic E-state index is 12.2. The van der Waals surface area contributed by atoms with Gasteiger partial charge < -0.3 is 10.1 Å². The molecule has 0 fully saturated rings. The van der Waals surface area contributed by atoms with Crippen molar-refractivity contribution < 1.29 is 18.3 Å². The Bertz CT molecular complexity index is 429. The first kappa shape index (κ1) is 15.7. The number of para-hydroxylation sites is 1. The first-order valence-corrected chi connectivity index (χ1v) is 6.39. The van der Waals surface area contributed by atoms with Gasteiger partial charge in [-0.1, -0.05) is 19.1 Å². The molecule has 0 aliphatic heterocycles. The zero-order chi connectivity index (χ0) is 14.4. The summed E-state index contributed by atoms with van der Waals surface area (Å²) < 4.78 is 28.8. The SMILES string of the molecule is CC(CCl)C(C)NC(=O)c1ccccc1OC(F)F. The van der Waals surface area contributed by atoms with Crippen LogP contribution in [0.1, 0.15) is 24.2 Å². The highest BCUT2D eigenvalue weighted by atomic mass is 35.5. The van der Waals surface area contributed by atoms with E-state index in [1.54, 1.807) is 6.07 Å². The molecule has 6 heteroatoms. The number of amides is 1. The average molecular weight is 292 g/mol. The van der Waals surface area contributed by atoms with Gasteiger partial charge in [0.2, 0.25) is 0 Å². The molecular formula is C13H16ClF2NO2. The number of alkyl halides is 3. The smallest absolute Gasteiger partial charge is 0.387 e. The monoisotopic (exact) mass is 291 g/mol. The molecule has 0 radical (unpaired) electrons. The lowest BCUT2D eigenvalue weighted by atomic mass is 10.1. The largest absolute Gasteiger partial charge is 0.434 e. The van der Waals surface area contributed by atoms with E-state index in [1.807, 2.05) is 13.8 Å². The van der Waals surface area contributed by atoms with E-state index in [1.165, 1.54) is 18.2 Å². The standard InChI is InChI=1S/C13H16ClF2NO2/c1-8(7-14)9(2)17-12(18)10-5-3-4-6-11(10)19-13(15)16/h3-6,8-9,13H,7H2,1-2H3,(H,17,18). The summed E-state index contributed by atoms with van der Waals surface area (Å²) in [5.74, 6) is -0.119. The summed E-state index contributed by atoms with van der Waals surface area (Å²) in [6.45, 7) is 0.731. The molecule has 0 spiro atoms. The highest BCUT2D eigenvalue weighted by Crippen LogP contribution is 2.20. The van der Waals surface area contributed by atoms with Gasteiger partial charge in [-0.15, -0.1) is 11.6 Å². The van der Waals surface area contributed by atoms with Crippen molar-refractivity contribution in [2.45, 2.75) is 26.5 Å². The Morgan fingerprint density at radius 3 is 2.58 bits per heavy atom. The predicted octanol–water partition coefficient (Wildman–Crippen LogP) is 3.28. The zero-order valence-corrected chi connectivity index (χ0v) is 11.5. The molecule has 19 heavy (non-hydrogen) atoms. The second-order valence-corrected chi connectivity index (χ2v) is 4.58. The second kappa shape index (κ2) is 7.28. The van der Waals surface area contributed by atoms with Crippen LogP contribution >= 0.6 is 11.6 Å². The van der Waals surface area contributed by atoms with Gasteiger partial charge >= 0.3 is 6.61 Å². The second-order valence-electron chi connectivity index (χ2n) is 4.27. The van der Waals surface area contributed by atoms with Crippen LogP contribution in [0.15, 0.2) is 24.3 Å². The van der Waals surface area contributed by atoms with Crippen molar-refractivity contribution in [2.75, 3.05) is 5.88 Å². The number of carbonyl (C=O) groups is 1. The maximum absolute atomic E-state index is 12.2. The van der Waals surface area contributed by atoms with Crippen LogP contribution < -0.4 is 10.1 Å². The highest BCUT2D eigenvalue weighted by molar-refractivity contribution is 6.18. The minimum absolute atomic E-state index is 0.0776. The average Bonchev–Trinajstić information content (AvgIpc) is 2.37. The Kier molecular flexibility index (Phi) is 6.02. The van der Waals surface area contributed by atoms with Crippen molar-refractivity contribution in [3.8, 4) is 5.75 Å². The van der Waals surface area contributed by atoms with E-state index in [0.29, 0.717) is 5.88 Å². The van der Waals surface area contributed by atoms with Crippen molar-refractivity contribution in [1.29, 1.82) is 0 Å². The lowest BCUT2D eigenvalue weighted by molar-refractivity contribution is -0.0501. The summed E-state index contributed by atoms with van der Waals surface area (Å²) in [6.07, 6.45) is 0. The molecule has 0 saturated carbocycles. The van der Waals surface area contributed by atoms with E-state index in [2.05, 4.69) is 10.1 Å². The zero-order valence-electron chi connectivity index (χ0n) is 10.7. The number of carbonyl (C=O) groups excluding carboxylic acids is 1. The molecule has 0 heterocycles. The van der Waals surface area contributed by atoms with Crippen molar-refractivity contribution in [1.82, 2.24) is 5.32 Å². The third-order valence-corrected chi connectivity index (χ3v) is 3.29. The topological polar surface area (TPSA) is 38.3 Å². The van der Waals surface area contributed by atoms with E-state index >= 15 is 0 Å². The molecule has 106 valence electrons. The Labute approximate surface area is 115 Å². The molecule has 0 bridgehead atoms. The lowest BCUT2D eigenvalue weighted by Crippen LogP contribution is -2.37. The molecule has 1 amide bonds. The number of halogens is 3. The first-order valence-electron chi connectivity index (χ1n) is 5.86. The van der Waals surface area contributed by atoms with Crippen LogP contribution in [-0.4, -0.2) is 24.4 Å². The molecule has 1 aromatic rings. The number of nitrogens with one attached hydrogen (secondary N) is 1. The number of rotatable bonds is 6. The summed E-state index contributed by atoms with van der Waals surface area (Å²) in [6, 6.07) is 5.72. The fourth-order valence-electron chi connectivity index (χ4n) is 1.41. The van der Waals surface area contributed by atoms with Crippen LogP contribution in [-0.2, 0) is 0 Å². The maximum Gasteiger partial charge on any atom is 0.387 e. The Morgan fingerprint density at radius 1 is 1.37 bits per heavy atom. The van der Waals surface area contributed by atoms with Crippen LogP contribution in [0.2, 0.25) is 0 Å². The summed E-state index contributed by atoms with van der Waals surface area (Å²) in [5.41, 5.74) is 0.0800. The fraction of sp³-hybridized carbons (Fsp3) is 0.462. The molecule has 3 nitrogen and oxygen atoms in total. The molecule has 2 unspecified atom stereocenters. The molecule has 0 aliphatic carbocycles. The Balaban J connectivity index is 2.82. The van der Waals surface area contributed by atoms with Crippen molar-refractivity contribution in [3.63, 3.8) is 0 Å². The number of hydrogen-bond donors (Lipinski definition) is 1. The number of ether oxygens (including phenoxy) is 1. The van der Waals surface area contributed by atoms with Crippen molar-refractivity contribution in [2.24, 2.45) is 5.92 Å². The predicted molar refractivity (Wildman–Crippen MR) is 69.9 cm³/mol. The van der Waals surface area contributed by atoms with Gasteiger partial charge in [0.05, 0.1) is 5.56 Å². The van der Waals surface area contributed by atoms with Crippen LogP contribution in [0.3, 0.4) is 0 Å². The number of benzene rings is 1. The third kappa shape index (κ3) is 4.67. The summed E-state index contributed by atoms with van der Waals surface area (Å²) >= 11 is 5.70. The van der Waals surface area contributed by atoms with Gasteiger partial charge in [0.1, 0.15) is 5.75 Å². The minimum atomic E-state index is -2.96. The Morgan fingerprint density at radius 2 is 2.00 bits per heavy atom. The molecule has 2 atom stereocenters. The van der Waals surface area contributed by atoms with Crippen LogP contribution in [0.25, 0.3) is 0 Å². The summed E-state index contributed by atoms with van der Waals surface area (Å²) in [4.78, 5) is 12.0. The van der Waals surface area contributed by atoms with Gasteiger partial charge in [-0.2, -0.15) is 8.78 Å². The minimum Gasteiger partial charge on any atom is -0.434 e. The highest BCUT2D eigenvalue weighted by Gasteiger charge is 2.19. The van der Waals surface area contributed by atoms with Gasteiger partial charge in [-0.3, -0.25) is 4.79 Å².